The maximum absolute atomic E-state index is 11.6. The molecule has 90 valence electrons. The van der Waals surface area contributed by atoms with Crippen LogP contribution < -0.4 is 5.32 Å². The standard InChI is InChI=1S/C12H21N3O/c1-12(2,3)14-9-10(16)5-6-11-13-7-8-15(11)4/h7-8,14H,5-6,9H2,1-4H3. The summed E-state index contributed by atoms with van der Waals surface area (Å²) < 4.78 is 1.95. The van der Waals surface area contributed by atoms with Crippen LogP contribution in [0.3, 0.4) is 0 Å². The zero-order valence-corrected chi connectivity index (χ0v) is 10.6. The van der Waals surface area contributed by atoms with E-state index in [4.69, 9.17) is 0 Å². The van der Waals surface area contributed by atoms with Gasteiger partial charge in [0.1, 0.15) is 11.6 Å². The zero-order valence-electron chi connectivity index (χ0n) is 10.6. The molecule has 4 nitrogen and oxygen atoms in total. The fourth-order valence-corrected chi connectivity index (χ4v) is 1.34. The second-order valence-electron chi connectivity index (χ2n) is 5.10. The van der Waals surface area contributed by atoms with Gasteiger partial charge < -0.3 is 9.88 Å². The fourth-order valence-electron chi connectivity index (χ4n) is 1.34. The number of hydrogen-bond acceptors (Lipinski definition) is 3. The minimum absolute atomic E-state index is 0.00111. The van der Waals surface area contributed by atoms with Gasteiger partial charge in [-0.25, -0.2) is 4.98 Å². The Hall–Kier alpha value is -1.16. The van der Waals surface area contributed by atoms with Crippen LogP contribution in [0.15, 0.2) is 12.4 Å². The SMILES string of the molecule is Cn1ccnc1CCC(=O)CNC(C)(C)C. The number of aromatic nitrogens is 2. The molecule has 1 aromatic heterocycles. The molecular formula is C12H21N3O. The Morgan fingerprint density at radius 1 is 1.50 bits per heavy atom. The van der Waals surface area contributed by atoms with E-state index in [2.05, 4.69) is 31.1 Å². The number of hydrogen-bond donors (Lipinski definition) is 1. The van der Waals surface area contributed by atoms with E-state index >= 15 is 0 Å². The van der Waals surface area contributed by atoms with Gasteiger partial charge >= 0.3 is 0 Å². The van der Waals surface area contributed by atoms with Crippen molar-refractivity contribution in [2.24, 2.45) is 7.05 Å². The molecule has 1 aromatic rings. The third-order valence-corrected chi connectivity index (χ3v) is 2.36. The number of imidazole rings is 1. The van der Waals surface area contributed by atoms with E-state index in [1.54, 1.807) is 6.20 Å². The van der Waals surface area contributed by atoms with Gasteiger partial charge in [0, 0.05) is 37.8 Å². The predicted octanol–water partition coefficient (Wildman–Crippen LogP) is 1.31. The molecule has 0 radical (unpaired) electrons. The van der Waals surface area contributed by atoms with Crippen LogP contribution in [0, 0.1) is 0 Å². The Bertz CT molecular complexity index is 349. The van der Waals surface area contributed by atoms with Crippen molar-refractivity contribution in [3.63, 3.8) is 0 Å². The van der Waals surface area contributed by atoms with Gasteiger partial charge in [-0.15, -0.1) is 0 Å². The number of nitrogens with one attached hydrogen (secondary N) is 1. The van der Waals surface area contributed by atoms with Gasteiger partial charge in [0.15, 0.2) is 0 Å². The van der Waals surface area contributed by atoms with Crippen molar-refractivity contribution in [2.75, 3.05) is 6.54 Å². The van der Waals surface area contributed by atoms with E-state index in [0.717, 1.165) is 5.82 Å². The average molecular weight is 223 g/mol. The summed E-state index contributed by atoms with van der Waals surface area (Å²) in [6.07, 6.45) is 4.92. The summed E-state index contributed by atoms with van der Waals surface area (Å²) >= 11 is 0. The lowest BCUT2D eigenvalue weighted by molar-refractivity contribution is -0.118. The average Bonchev–Trinajstić information content (AvgIpc) is 2.57. The molecule has 0 fully saturated rings. The first-order valence-electron chi connectivity index (χ1n) is 5.61. The molecule has 0 saturated carbocycles. The van der Waals surface area contributed by atoms with Gasteiger partial charge in [-0.1, -0.05) is 0 Å². The summed E-state index contributed by atoms with van der Waals surface area (Å²) in [6, 6.07) is 0. The van der Waals surface area contributed by atoms with E-state index in [1.165, 1.54) is 0 Å². The molecule has 1 N–H and O–H groups in total. The van der Waals surface area contributed by atoms with Crippen molar-refractivity contribution in [1.29, 1.82) is 0 Å². The highest BCUT2D eigenvalue weighted by Crippen LogP contribution is 2.01. The van der Waals surface area contributed by atoms with Gasteiger partial charge in [-0.3, -0.25) is 4.79 Å². The van der Waals surface area contributed by atoms with Gasteiger partial charge in [0.05, 0.1) is 6.54 Å². The lowest BCUT2D eigenvalue weighted by Gasteiger charge is -2.19. The van der Waals surface area contributed by atoms with Crippen LogP contribution in [0.2, 0.25) is 0 Å². The van der Waals surface area contributed by atoms with Crippen LogP contribution in [-0.2, 0) is 18.3 Å². The first-order chi connectivity index (χ1) is 7.38. The molecule has 0 aliphatic heterocycles. The third kappa shape index (κ3) is 4.57. The zero-order chi connectivity index (χ0) is 12.2. The van der Waals surface area contributed by atoms with Crippen LogP contribution in [0.25, 0.3) is 0 Å². The quantitative estimate of drug-likeness (QED) is 0.818. The topological polar surface area (TPSA) is 46.9 Å². The number of rotatable bonds is 5. The summed E-state index contributed by atoms with van der Waals surface area (Å²) in [5.41, 5.74) is -0.00111. The Morgan fingerprint density at radius 3 is 2.69 bits per heavy atom. The summed E-state index contributed by atoms with van der Waals surface area (Å²) in [5.74, 6) is 1.20. The molecule has 0 spiro atoms. The van der Waals surface area contributed by atoms with Crippen molar-refractivity contribution < 1.29 is 4.79 Å². The first kappa shape index (κ1) is 12.9. The number of carbonyl (C=O) groups excluding carboxylic acids is 1. The molecule has 1 rings (SSSR count). The molecule has 1 heterocycles. The highest BCUT2D eigenvalue weighted by molar-refractivity contribution is 5.80. The van der Waals surface area contributed by atoms with E-state index in [9.17, 15) is 4.79 Å². The fraction of sp³-hybridized carbons (Fsp3) is 0.667. The number of ketones is 1. The lowest BCUT2D eigenvalue weighted by atomic mass is 10.1. The maximum atomic E-state index is 11.6. The second kappa shape index (κ2) is 5.25. The van der Waals surface area contributed by atoms with Crippen LogP contribution >= 0.6 is 0 Å². The number of Topliss-reactive ketones (excluding diaryl/α,β-unsaturated/α-hetero) is 1. The van der Waals surface area contributed by atoms with Gasteiger partial charge in [-0.2, -0.15) is 0 Å². The Morgan fingerprint density at radius 2 is 2.19 bits per heavy atom. The molecule has 0 unspecified atom stereocenters. The van der Waals surface area contributed by atoms with E-state index in [0.29, 0.717) is 19.4 Å². The van der Waals surface area contributed by atoms with Crippen molar-refractivity contribution in [3.8, 4) is 0 Å². The summed E-state index contributed by atoms with van der Waals surface area (Å²) in [5, 5.41) is 3.19. The molecule has 0 aromatic carbocycles. The smallest absolute Gasteiger partial charge is 0.147 e. The Labute approximate surface area is 97.1 Å². The number of nitrogens with zero attached hydrogens (tertiary/aromatic N) is 2. The van der Waals surface area contributed by atoms with E-state index < -0.39 is 0 Å². The van der Waals surface area contributed by atoms with E-state index in [1.807, 2.05) is 17.8 Å². The third-order valence-electron chi connectivity index (χ3n) is 2.36. The largest absolute Gasteiger partial charge is 0.338 e. The molecule has 0 aliphatic carbocycles. The lowest BCUT2D eigenvalue weighted by Crippen LogP contribution is -2.39. The van der Waals surface area contributed by atoms with Crippen molar-refractivity contribution in [2.45, 2.75) is 39.2 Å². The normalized spacial score (nSPS) is 11.8. The van der Waals surface area contributed by atoms with Crippen molar-refractivity contribution in [1.82, 2.24) is 14.9 Å². The van der Waals surface area contributed by atoms with Crippen LogP contribution in [0.1, 0.15) is 33.0 Å². The maximum Gasteiger partial charge on any atom is 0.147 e. The first-order valence-corrected chi connectivity index (χ1v) is 5.61. The van der Waals surface area contributed by atoms with Crippen molar-refractivity contribution >= 4 is 5.78 Å². The molecule has 16 heavy (non-hydrogen) atoms. The van der Waals surface area contributed by atoms with Crippen LogP contribution in [0.5, 0.6) is 0 Å². The highest BCUT2D eigenvalue weighted by atomic mass is 16.1. The van der Waals surface area contributed by atoms with Gasteiger partial charge in [0.2, 0.25) is 0 Å². The predicted molar refractivity (Wildman–Crippen MR) is 64.3 cm³/mol. The van der Waals surface area contributed by atoms with Crippen LogP contribution in [-0.4, -0.2) is 27.4 Å². The minimum Gasteiger partial charge on any atom is -0.338 e. The molecule has 4 heteroatoms. The molecule has 0 saturated heterocycles. The van der Waals surface area contributed by atoms with Gasteiger partial charge in [0.25, 0.3) is 0 Å². The summed E-state index contributed by atoms with van der Waals surface area (Å²) in [6.45, 7) is 6.60. The second-order valence-corrected chi connectivity index (χ2v) is 5.10. The molecule has 0 amide bonds. The molecule has 0 atom stereocenters. The molecular weight excluding hydrogens is 202 g/mol. The monoisotopic (exact) mass is 223 g/mol. The Kier molecular flexibility index (Phi) is 4.24. The molecule has 0 bridgehead atoms. The van der Waals surface area contributed by atoms with Gasteiger partial charge in [-0.05, 0) is 20.8 Å². The summed E-state index contributed by atoms with van der Waals surface area (Å²) in [7, 11) is 1.94. The van der Waals surface area contributed by atoms with Crippen LogP contribution in [0.4, 0.5) is 0 Å². The summed E-state index contributed by atoms with van der Waals surface area (Å²) in [4.78, 5) is 15.8. The Balaban J connectivity index is 2.29. The van der Waals surface area contributed by atoms with Crippen molar-refractivity contribution in [3.05, 3.63) is 18.2 Å². The van der Waals surface area contributed by atoms with E-state index in [-0.39, 0.29) is 11.3 Å². The minimum atomic E-state index is -0.00111. The number of aryl methyl sites for hydroxylation is 2. The number of carbonyl (C=O) groups is 1. The highest BCUT2D eigenvalue weighted by Gasteiger charge is 2.11. The molecule has 0 aliphatic rings.